The molecule has 1 saturated heterocycles. The average Bonchev–Trinajstić information content (AvgIpc) is 2.64. The number of hydrogen-bond donors (Lipinski definition) is 0. The van der Waals surface area contributed by atoms with Crippen LogP contribution in [0.2, 0.25) is 0 Å². The Kier molecular flexibility index (Phi) is 5.10. The highest BCUT2D eigenvalue weighted by Gasteiger charge is 2.28. The van der Waals surface area contributed by atoms with Crippen LogP contribution in [-0.4, -0.2) is 41.2 Å². The first-order valence-corrected chi connectivity index (χ1v) is 7.90. The van der Waals surface area contributed by atoms with E-state index in [1.54, 1.807) is 4.90 Å². The van der Waals surface area contributed by atoms with Crippen LogP contribution in [0.15, 0.2) is 24.4 Å². The van der Waals surface area contributed by atoms with E-state index in [2.05, 4.69) is 9.97 Å². The Morgan fingerprint density at radius 3 is 2.65 bits per heavy atom. The Labute approximate surface area is 147 Å². The minimum Gasteiger partial charge on any atom is -0.487 e. The van der Waals surface area contributed by atoms with Gasteiger partial charge in [0.1, 0.15) is 18.1 Å². The molecule has 0 atom stereocenters. The van der Waals surface area contributed by atoms with E-state index in [0.717, 1.165) is 18.3 Å². The van der Waals surface area contributed by atoms with E-state index in [4.69, 9.17) is 9.47 Å². The van der Waals surface area contributed by atoms with Crippen molar-refractivity contribution in [1.82, 2.24) is 9.97 Å². The number of nitrogens with zero attached hydrogens (tertiary/aromatic N) is 4. The predicted molar refractivity (Wildman–Crippen MR) is 87.5 cm³/mol. The van der Waals surface area contributed by atoms with Crippen molar-refractivity contribution in [3.05, 3.63) is 46.1 Å². The molecule has 1 fully saturated rings. The summed E-state index contributed by atoms with van der Waals surface area (Å²) < 4.78 is 37.2. The van der Waals surface area contributed by atoms with Gasteiger partial charge in [-0.15, -0.1) is 0 Å². The molecule has 1 aliphatic rings. The van der Waals surface area contributed by atoms with Crippen LogP contribution in [0.25, 0.3) is 0 Å². The minimum absolute atomic E-state index is 0.0143. The third kappa shape index (κ3) is 3.79. The minimum atomic E-state index is -0.761. The molecule has 0 saturated carbocycles. The van der Waals surface area contributed by atoms with E-state index in [9.17, 15) is 18.9 Å². The highest BCUT2D eigenvalue weighted by atomic mass is 19.1. The Balaban J connectivity index is 1.69. The number of anilines is 1. The van der Waals surface area contributed by atoms with Gasteiger partial charge in [0, 0.05) is 32.0 Å². The van der Waals surface area contributed by atoms with Crippen LogP contribution in [0.1, 0.15) is 12.8 Å². The summed E-state index contributed by atoms with van der Waals surface area (Å²) in [5, 5.41) is 11.2. The summed E-state index contributed by atoms with van der Waals surface area (Å²) in [6.07, 6.45) is 1.83. The maximum atomic E-state index is 13.7. The number of methoxy groups -OCH3 is 1. The number of benzene rings is 1. The molecule has 2 aromatic rings. The fraction of sp³-hybridized carbons (Fsp3) is 0.375. The largest absolute Gasteiger partial charge is 0.487 e. The molecule has 0 aliphatic carbocycles. The Hall–Kier alpha value is -3.04. The summed E-state index contributed by atoms with van der Waals surface area (Å²) in [5.74, 6) is -1.27. The summed E-state index contributed by atoms with van der Waals surface area (Å²) in [7, 11) is 1.38. The molecular formula is C16H16F2N4O4. The molecule has 0 N–H and O–H groups in total. The normalized spacial score (nSPS) is 15.0. The maximum Gasteiger partial charge on any atom is 0.329 e. The van der Waals surface area contributed by atoms with Crippen LogP contribution >= 0.6 is 0 Å². The zero-order chi connectivity index (χ0) is 18.7. The molecule has 0 bridgehead atoms. The fourth-order valence-corrected chi connectivity index (χ4v) is 2.75. The molecule has 8 nitrogen and oxygen atoms in total. The lowest BCUT2D eigenvalue weighted by Gasteiger charge is -2.32. The second-order valence-electron chi connectivity index (χ2n) is 5.70. The molecule has 0 unspecified atom stereocenters. The predicted octanol–water partition coefficient (Wildman–Crippen LogP) is 2.72. The summed E-state index contributed by atoms with van der Waals surface area (Å²) in [5.41, 5.74) is -0.213. The molecular weight excluding hydrogens is 350 g/mol. The molecule has 138 valence electrons. The van der Waals surface area contributed by atoms with Crippen LogP contribution in [0.3, 0.4) is 0 Å². The number of piperidine rings is 1. The van der Waals surface area contributed by atoms with Gasteiger partial charge in [-0.05, 0) is 12.1 Å². The molecule has 10 heteroatoms. The third-order valence-corrected chi connectivity index (χ3v) is 4.04. The number of halogens is 2. The Bertz CT molecular complexity index is 813. The lowest BCUT2D eigenvalue weighted by molar-refractivity contribution is -0.384. The van der Waals surface area contributed by atoms with Gasteiger partial charge in [-0.25, -0.2) is 8.78 Å². The first-order valence-electron chi connectivity index (χ1n) is 7.90. The van der Waals surface area contributed by atoms with Crippen molar-refractivity contribution >= 4 is 11.5 Å². The summed E-state index contributed by atoms with van der Waals surface area (Å²) in [6, 6.07) is 3.18. The second kappa shape index (κ2) is 7.46. The number of rotatable bonds is 5. The van der Waals surface area contributed by atoms with E-state index in [1.807, 2.05) is 0 Å². The summed E-state index contributed by atoms with van der Waals surface area (Å²) in [4.78, 5) is 20.2. The van der Waals surface area contributed by atoms with Gasteiger partial charge in [-0.3, -0.25) is 10.1 Å². The zero-order valence-corrected chi connectivity index (χ0v) is 13.9. The third-order valence-electron chi connectivity index (χ3n) is 4.04. The van der Waals surface area contributed by atoms with Crippen LogP contribution in [-0.2, 0) is 0 Å². The van der Waals surface area contributed by atoms with Crippen molar-refractivity contribution in [1.29, 1.82) is 0 Å². The van der Waals surface area contributed by atoms with Gasteiger partial charge in [-0.2, -0.15) is 9.97 Å². The number of aromatic nitrogens is 2. The Morgan fingerprint density at radius 2 is 2.04 bits per heavy atom. The van der Waals surface area contributed by atoms with E-state index < -0.39 is 16.6 Å². The van der Waals surface area contributed by atoms with Gasteiger partial charge < -0.3 is 14.4 Å². The molecule has 3 rings (SSSR count). The second-order valence-corrected chi connectivity index (χ2v) is 5.70. The number of hydrogen-bond acceptors (Lipinski definition) is 7. The summed E-state index contributed by atoms with van der Waals surface area (Å²) in [6.45, 7) is 0.850. The lowest BCUT2D eigenvalue weighted by atomic mass is 10.1. The van der Waals surface area contributed by atoms with E-state index in [1.165, 1.54) is 13.2 Å². The topological polar surface area (TPSA) is 90.6 Å². The zero-order valence-electron chi connectivity index (χ0n) is 13.9. The molecule has 26 heavy (non-hydrogen) atoms. The van der Waals surface area contributed by atoms with Gasteiger partial charge in [0.15, 0.2) is 11.6 Å². The molecule has 1 aromatic carbocycles. The monoisotopic (exact) mass is 366 g/mol. The molecule has 0 amide bonds. The lowest BCUT2D eigenvalue weighted by Crippen LogP contribution is -2.39. The van der Waals surface area contributed by atoms with Crippen molar-refractivity contribution in [3.8, 4) is 11.8 Å². The molecule has 2 heterocycles. The van der Waals surface area contributed by atoms with Crippen molar-refractivity contribution in [2.75, 3.05) is 25.1 Å². The SMILES string of the molecule is COc1ncc([N+](=O)[O-])c(N2CCC(Oc3ccc(F)cc3F)CC2)n1. The van der Waals surface area contributed by atoms with Crippen molar-refractivity contribution in [2.45, 2.75) is 18.9 Å². The van der Waals surface area contributed by atoms with Gasteiger partial charge in [0.05, 0.1) is 12.0 Å². The highest BCUT2D eigenvalue weighted by molar-refractivity contribution is 5.57. The maximum absolute atomic E-state index is 13.7. The van der Waals surface area contributed by atoms with Crippen LogP contribution in [0, 0.1) is 21.7 Å². The Morgan fingerprint density at radius 1 is 1.31 bits per heavy atom. The van der Waals surface area contributed by atoms with E-state index in [0.29, 0.717) is 25.9 Å². The highest BCUT2D eigenvalue weighted by Crippen LogP contribution is 2.30. The quantitative estimate of drug-likeness (QED) is 0.593. The molecule has 1 aliphatic heterocycles. The molecule has 1 aromatic heterocycles. The molecule has 0 radical (unpaired) electrons. The van der Waals surface area contributed by atoms with Crippen LogP contribution < -0.4 is 14.4 Å². The van der Waals surface area contributed by atoms with Crippen LogP contribution in [0.5, 0.6) is 11.8 Å². The van der Waals surface area contributed by atoms with Crippen molar-refractivity contribution in [2.24, 2.45) is 0 Å². The smallest absolute Gasteiger partial charge is 0.329 e. The van der Waals surface area contributed by atoms with Crippen molar-refractivity contribution in [3.63, 3.8) is 0 Å². The van der Waals surface area contributed by atoms with E-state index in [-0.39, 0.29) is 29.4 Å². The van der Waals surface area contributed by atoms with Crippen LogP contribution in [0.4, 0.5) is 20.3 Å². The van der Waals surface area contributed by atoms with Gasteiger partial charge >= 0.3 is 11.7 Å². The first-order chi connectivity index (χ1) is 12.5. The fourth-order valence-electron chi connectivity index (χ4n) is 2.75. The standard InChI is InChI=1S/C16H16F2N4O4/c1-25-16-19-9-13(22(23)24)15(20-16)21-6-4-11(5-7-21)26-14-3-2-10(17)8-12(14)18/h2-3,8-9,11H,4-7H2,1H3. The average molecular weight is 366 g/mol. The van der Waals surface area contributed by atoms with Gasteiger partial charge in [-0.1, -0.05) is 0 Å². The number of nitro groups is 1. The number of ether oxygens (including phenoxy) is 2. The summed E-state index contributed by atoms with van der Waals surface area (Å²) >= 11 is 0. The van der Waals surface area contributed by atoms with Gasteiger partial charge in [0.25, 0.3) is 0 Å². The van der Waals surface area contributed by atoms with Crippen molar-refractivity contribution < 1.29 is 23.2 Å². The van der Waals surface area contributed by atoms with E-state index >= 15 is 0 Å². The first kappa shape index (κ1) is 17.8. The van der Waals surface area contributed by atoms with Gasteiger partial charge in [0.2, 0.25) is 5.82 Å². The molecule has 0 spiro atoms.